The van der Waals surface area contributed by atoms with Gasteiger partial charge in [-0.1, -0.05) is 172 Å². The predicted molar refractivity (Wildman–Crippen MR) is 278 cm³/mol. The van der Waals surface area contributed by atoms with E-state index in [0.717, 1.165) is 99.9 Å². The quantitative estimate of drug-likeness (QED) is 0.167. The molecule has 0 radical (unpaired) electrons. The first kappa shape index (κ1) is 37.7. The summed E-state index contributed by atoms with van der Waals surface area (Å²) < 4.78 is 16.0. The van der Waals surface area contributed by atoms with Gasteiger partial charge in [-0.3, -0.25) is 0 Å². The number of furan rings is 2. The minimum atomic E-state index is -0.297. The summed E-state index contributed by atoms with van der Waals surface area (Å²) in [5.41, 5.74) is 19.3. The van der Waals surface area contributed by atoms with Gasteiger partial charge in [0.25, 0.3) is 0 Å². The van der Waals surface area contributed by atoms with Crippen molar-refractivity contribution in [2.75, 3.05) is 4.90 Å². The average molecular weight is 859 g/mol. The van der Waals surface area contributed by atoms with Crippen molar-refractivity contribution in [2.45, 2.75) is 19.3 Å². The van der Waals surface area contributed by atoms with Gasteiger partial charge >= 0.3 is 0 Å². The zero-order valence-corrected chi connectivity index (χ0v) is 37.0. The third kappa shape index (κ3) is 5.41. The summed E-state index contributed by atoms with van der Waals surface area (Å²) in [7, 11) is 0. The van der Waals surface area contributed by atoms with Crippen molar-refractivity contribution in [2.24, 2.45) is 0 Å². The van der Waals surface area contributed by atoms with Crippen LogP contribution in [0.4, 0.5) is 17.1 Å². The molecule has 14 rings (SSSR count). The summed E-state index contributed by atoms with van der Waals surface area (Å²) in [6.45, 7) is 4.76. The summed E-state index contributed by atoms with van der Waals surface area (Å²) >= 11 is 0. The van der Waals surface area contributed by atoms with Gasteiger partial charge in [-0.15, -0.1) is 0 Å². The average Bonchev–Trinajstić information content (AvgIpc) is 4.11. The number of nitrogens with zero attached hydrogens (tertiary/aromatic N) is 2. The fourth-order valence-electron chi connectivity index (χ4n) is 11.5. The SMILES string of the molecule is CC1(C)c2ccccc2-c2cccc(N(c3cc(-c4ccccc4-n4c5ccccc5c5ccccc54)c4oc5ccccc5c4c3)c3ccccc3-c3cccc4oc5ccccc5c34)c21. The van der Waals surface area contributed by atoms with E-state index < -0.39 is 0 Å². The van der Waals surface area contributed by atoms with Gasteiger partial charge in [-0.05, 0) is 88.5 Å². The topological polar surface area (TPSA) is 34.5 Å². The van der Waals surface area contributed by atoms with Crippen molar-refractivity contribution >= 4 is 82.7 Å². The standard InChI is InChI=1S/C63H42N2O2/c1-63(2)51-28-10-3-19-40(51)47-27-17-33-56(61(47)63)64(52-29-11-6-22-43(52)46-26-18-36-59-60(46)48-25-9-16-35-58(48)66-59)39-37-49(62-50(38-39)45-24-8-15-34-57(45)67-62)44-23-7-14-32-55(44)65-53-30-12-4-20-41(53)42-21-5-13-31-54(42)65/h3-38H,1-2H3. The summed E-state index contributed by atoms with van der Waals surface area (Å²) in [5.74, 6) is 0. The predicted octanol–water partition coefficient (Wildman–Crippen LogP) is 17.7. The van der Waals surface area contributed by atoms with Crippen LogP contribution in [0.1, 0.15) is 25.0 Å². The van der Waals surface area contributed by atoms with Crippen LogP contribution < -0.4 is 4.90 Å². The fraction of sp³-hybridized carbons (Fsp3) is 0.0476. The summed E-state index contributed by atoms with van der Waals surface area (Å²) in [6.07, 6.45) is 0. The molecular weight excluding hydrogens is 817 g/mol. The van der Waals surface area contributed by atoms with Gasteiger partial charge in [-0.2, -0.15) is 0 Å². The third-order valence-electron chi connectivity index (χ3n) is 14.4. The lowest BCUT2D eigenvalue weighted by molar-refractivity contribution is 0.660. The molecular formula is C63H42N2O2. The molecule has 0 N–H and O–H groups in total. The largest absolute Gasteiger partial charge is 0.456 e. The zero-order valence-electron chi connectivity index (χ0n) is 37.0. The second-order valence-corrected chi connectivity index (χ2v) is 18.4. The molecule has 3 heterocycles. The molecule has 1 aliphatic carbocycles. The van der Waals surface area contributed by atoms with E-state index in [4.69, 9.17) is 8.83 Å². The van der Waals surface area contributed by atoms with Gasteiger partial charge < -0.3 is 18.3 Å². The minimum absolute atomic E-state index is 0.297. The highest BCUT2D eigenvalue weighted by Gasteiger charge is 2.39. The lowest BCUT2D eigenvalue weighted by Gasteiger charge is -2.33. The number of anilines is 3. The van der Waals surface area contributed by atoms with Gasteiger partial charge in [0.2, 0.25) is 0 Å². The monoisotopic (exact) mass is 858 g/mol. The molecule has 0 spiro atoms. The number of rotatable bonds is 6. The molecule has 13 aromatic rings. The van der Waals surface area contributed by atoms with Crippen LogP contribution in [0, 0.1) is 0 Å². The van der Waals surface area contributed by atoms with Crippen molar-refractivity contribution in [3.8, 4) is 39.1 Å². The Labute approximate surface area is 387 Å². The van der Waals surface area contributed by atoms with Gasteiger partial charge in [0.1, 0.15) is 22.3 Å². The van der Waals surface area contributed by atoms with Crippen LogP contribution in [0.25, 0.3) is 105 Å². The normalized spacial score (nSPS) is 13.0. The number of aromatic nitrogens is 1. The lowest BCUT2D eigenvalue weighted by Crippen LogP contribution is -2.21. The van der Waals surface area contributed by atoms with E-state index in [0.29, 0.717) is 0 Å². The number of fused-ring (bicyclic) bond motifs is 12. The molecule has 0 atom stereocenters. The molecule has 1 aliphatic rings. The molecule has 3 aromatic heterocycles. The van der Waals surface area contributed by atoms with Crippen LogP contribution in [0.5, 0.6) is 0 Å². The molecule has 4 heteroatoms. The Balaban J connectivity index is 1.11. The number of benzene rings is 10. The third-order valence-corrected chi connectivity index (χ3v) is 14.4. The molecule has 0 saturated carbocycles. The second-order valence-electron chi connectivity index (χ2n) is 18.4. The molecule has 316 valence electrons. The Morgan fingerprint density at radius 3 is 1.73 bits per heavy atom. The highest BCUT2D eigenvalue weighted by atomic mass is 16.3. The molecule has 0 saturated heterocycles. The highest BCUT2D eigenvalue weighted by Crippen LogP contribution is 2.56. The fourth-order valence-corrected chi connectivity index (χ4v) is 11.5. The van der Waals surface area contributed by atoms with Crippen LogP contribution in [0.3, 0.4) is 0 Å². The molecule has 0 aliphatic heterocycles. The molecule has 10 aromatic carbocycles. The summed E-state index contributed by atoms with van der Waals surface area (Å²) in [5, 5.41) is 6.78. The summed E-state index contributed by atoms with van der Waals surface area (Å²) in [4.78, 5) is 2.52. The Morgan fingerprint density at radius 2 is 0.940 bits per heavy atom. The Hall–Kier alpha value is -8.60. The van der Waals surface area contributed by atoms with Gasteiger partial charge in [0, 0.05) is 60.1 Å². The highest BCUT2D eigenvalue weighted by molar-refractivity contribution is 6.16. The van der Waals surface area contributed by atoms with Crippen molar-refractivity contribution in [3.63, 3.8) is 0 Å². The van der Waals surface area contributed by atoms with Crippen LogP contribution in [0.2, 0.25) is 0 Å². The first-order valence-corrected chi connectivity index (χ1v) is 23.1. The van der Waals surface area contributed by atoms with Crippen molar-refractivity contribution in [1.29, 1.82) is 0 Å². The first-order valence-electron chi connectivity index (χ1n) is 23.1. The van der Waals surface area contributed by atoms with E-state index in [1.807, 2.05) is 6.07 Å². The zero-order chi connectivity index (χ0) is 44.4. The Kier molecular flexibility index (Phi) is 8.00. The van der Waals surface area contributed by atoms with Gasteiger partial charge in [0.15, 0.2) is 0 Å². The maximum absolute atomic E-state index is 7.02. The van der Waals surface area contributed by atoms with Crippen molar-refractivity contribution in [1.82, 2.24) is 4.57 Å². The minimum Gasteiger partial charge on any atom is -0.456 e. The Bertz CT molecular complexity index is 4110. The lowest BCUT2D eigenvalue weighted by atomic mass is 9.81. The van der Waals surface area contributed by atoms with E-state index in [1.54, 1.807) is 0 Å². The maximum Gasteiger partial charge on any atom is 0.143 e. The second kappa shape index (κ2) is 14.2. The van der Waals surface area contributed by atoms with E-state index in [-0.39, 0.29) is 5.41 Å². The number of hydrogen-bond donors (Lipinski definition) is 0. The van der Waals surface area contributed by atoms with E-state index in [2.05, 4.69) is 236 Å². The molecule has 67 heavy (non-hydrogen) atoms. The van der Waals surface area contributed by atoms with E-state index in [9.17, 15) is 0 Å². The molecule has 0 fully saturated rings. The van der Waals surface area contributed by atoms with Gasteiger partial charge in [-0.25, -0.2) is 0 Å². The van der Waals surface area contributed by atoms with Crippen molar-refractivity contribution < 1.29 is 8.83 Å². The number of para-hydroxylation sites is 6. The maximum atomic E-state index is 7.02. The van der Waals surface area contributed by atoms with Crippen LogP contribution in [-0.4, -0.2) is 4.57 Å². The van der Waals surface area contributed by atoms with Crippen molar-refractivity contribution in [3.05, 3.63) is 230 Å². The van der Waals surface area contributed by atoms with Gasteiger partial charge in [0.05, 0.1) is 28.1 Å². The van der Waals surface area contributed by atoms with E-state index in [1.165, 1.54) is 33.0 Å². The number of hydrogen-bond acceptors (Lipinski definition) is 3. The van der Waals surface area contributed by atoms with Crippen LogP contribution in [-0.2, 0) is 5.41 Å². The molecule has 0 amide bonds. The molecule has 4 nitrogen and oxygen atoms in total. The summed E-state index contributed by atoms with van der Waals surface area (Å²) in [6, 6.07) is 79.0. The van der Waals surface area contributed by atoms with Crippen LogP contribution >= 0.6 is 0 Å². The molecule has 0 bridgehead atoms. The van der Waals surface area contributed by atoms with Crippen LogP contribution in [0.15, 0.2) is 227 Å². The first-order chi connectivity index (χ1) is 33.0. The Morgan fingerprint density at radius 1 is 0.388 bits per heavy atom. The van der Waals surface area contributed by atoms with E-state index >= 15 is 0 Å². The smallest absolute Gasteiger partial charge is 0.143 e. The molecule has 0 unspecified atom stereocenters.